The molecule has 118 valence electrons. The Morgan fingerprint density at radius 3 is 2.52 bits per heavy atom. The minimum atomic E-state index is -0.969. The average Bonchev–Trinajstić information content (AvgIpc) is 2.56. The largest absolute Gasteiger partial charge is 0.394 e. The molecule has 0 aliphatic heterocycles. The van der Waals surface area contributed by atoms with Gasteiger partial charge in [0, 0.05) is 22.7 Å². The van der Waals surface area contributed by atoms with E-state index in [0.717, 1.165) is 4.90 Å². The fraction of sp³-hybridized carbons (Fsp3) is 0.647. The van der Waals surface area contributed by atoms with Crippen molar-refractivity contribution in [1.82, 2.24) is 5.32 Å². The van der Waals surface area contributed by atoms with E-state index in [1.807, 2.05) is 30.3 Å². The molecule has 1 aromatic carbocycles. The molecule has 2 N–H and O–H groups in total. The van der Waals surface area contributed by atoms with Gasteiger partial charge in [0.05, 0.1) is 17.4 Å². The lowest BCUT2D eigenvalue weighted by Crippen LogP contribution is -2.53. The van der Waals surface area contributed by atoms with Gasteiger partial charge >= 0.3 is 0 Å². The summed E-state index contributed by atoms with van der Waals surface area (Å²) in [5, 5.41) is 13.3. The number of hydrogen-bond acceptors (Lipinski definition) is 3. The lowest BCUT2D eigenvalue weighted by Gasteiger charge is -2.39. The SMILES string of the molecule is C[C@](CO)(NCC[S@](=O)c1ccccc1)C1CCCCC1. The van der Waals surface area contributed by atoms with Crippen molar-refractivity contribution >= 4 is 10.8 Å². The van der Waals surface area contributed by atoms with Crippen molar-refractivity contribution in [3.05, 3.63) is 30.3 Å². The first-order valence-corrected chi connectivity index (χ1v) is 9.27. The summed E-state index contributed by atoms with van der Waals surface area (Å²) in [5.41, 5.74) is -0.235. The highest BCUT2D eigenvalue weighted by atomic mass is 32.2. The van der Waals surface area contributed by atoms with Gasteiger partial charge in [0.1, 0.15) is 0 Å². The number of benzene rings is 1. The van der Waals surface area contributed by atoms with Crippen molar-refractivity contribution in [2.45, 2.75) is 49.5 Å². The van der Waals surface area contributed by atoms with E-state index in [0.29, 0.717) is 18.2 Å². The van der Waals surface area contributed by atoms with Crippen LogP contribution in [0.4, 0.5) is 0 Å². The van der Waals surface area contributed by atoms with E-state index in [9.17, 15) is 9.32 Å². The summed E-state index contributed by atoms with van der Waals surface area (Å²) < 4.78 is 12.2. The number of aliphatic hydroxyl groups is 1. The van der Waals surface area contributed by atoms with Crippen LogP contribution in [0.25, 0.3) is 0 Å². The molecule has 2 rings (SSSR count). The van der Waals surface area contributed by atoms with Gasteiger partial charge in [0.15, 0.2) is 0 Å². The topological polar surface area (TPSA) is 49.3 Å². The lowest BCUT2D eigenvalue weighted by atomic mass is 9.76. The van der Waals surface area contributed by atoms with E-state index in [2.05, 4.69) is 12.2 Å². The van der Waals surface area contributed by atoms with Crippen LogP contribution in [0.1, 0.15) is 39.0 Å². The van der Waals surface area contributed by atoms with Crippen LogP contribution in [-0.2, 0) is 10.8 Å². The molecule has 21 heavy (non-hydrogen) atoms. The van der Waals surface area contributed by atoms with Gasteiger partial charge in [-0.15, -0.1) is 0 Å². The summed E-state index contributed by atoms with van der Waals surface area (Å²) in [6.45, 7) is 2.93. The van der Waals surface area contributed by atoms with Crippen LogP contribution in [0, 0.1) is 5.92 Å². The molecule has 1 aliphatic carbocycles. The molecule has 1 fully saturated rings. The molecule has 4 heteroatoms. The van der Waals surface area contributed by atoms with Crippen LogP contribution in [0.5, 0.6) is 0 Å². The molecule has 2 atom stereocenters. The van der Waals surface area contributed by atoms with Crippen LogP contribution < -0.4 is 5.32 Å². The molecule has 0 aromatic heterocycles. The van der Waals surface area contributed by atoms with Gasteiger partial charge in [-0.1, -0.05) is 37.5 Å². The normalized spacial score (nSPS) is 20.9. The molecular formula is C17H27NO2S. The Hall–Kier alpha value is -0.710. The van der Waals surface area contributed by atoms with Crippen molar-refractivity contribution in [2.75, 3.05) is 18.9 Å². The number of nitrogens with one attached hydrogen (secondary N) is 1. The van der Waals surface area contributed by atoms with Gasteiger partial charge in [-0.3, -0.25) is 4.21 Å². The second-order valence-electron chi connectivity index (χ2n) is 6.20. The van der Waals surface area contributed by atoms with Crippen LogP contribution in [0.3, 0.4) is 0 Å². The second kappa shape index (κ2) is 8.06. The van der Waals surface area contributed by atoms with Gasteiger partial charge < -0.3 is 10.4 Å². The Morgan fingerprint density at radius 2 is 1.90 bits per heavy atom. The fourth-order valence-corrected chi connectivity index (χ4v) is 4.17. The predicted octanol–water partition coefficient (Wildman–Crippen LogP) is 2.72. The molecule has 0 unspecified atom stereocenters. The minimum Gasteiger partial charge on any atom is -0.394 e. The summed E-state index contributed by atoms with van der Waals surface area (Å²) in [6.07, 6.45) is 6.21. The number of rotatable bonds is 7. The first kappa shape index (κ1) is 16.7. The maximum absolute atomic E-state index is 12.2. The third-order valence-corrected chi connectivity index (χ3v) is 6.03. The molecule has 0 heterocycles. The minimum absolute atomic E-state index is 0.148. The van der Waals surface area contributed by atoms with E-state index >= 15 is 0 Å². The van der Waals surface area contributed by atoms with Gasteiger partial charge in [-0.25, -0.2) is 0 Å². The van der Waals surface area contributed by atoms with E-state index in [4.69, 9.17) is 0 Å². The first-order chi connectivity index (χ1) is 10.2. The summed E-state index contributed by atoms with van der Waals surface area (Å²) in [7, 11) is -0.969. The zero-order valence-corrected chi connectivity index (χ0v) is 13.7. The Labute approximate surface area is 130 Å². The van der Waals surface area contributed by atoms with Crippen LogP contribution in [0.2, 0.25) is 0 Å². The van der Waals surface area contributed by atoms with E-state index in [1.54, 1.807) is 0 Å². The predicted molar refractivity (Wildman–Crippen MR) is 87.8 cm³/mol. The molecule has 0 saturated heterocycles. The third-order valence-electron chi connectivity index (χ3n) is 4.66. The summed E-state index contributed by atoms with van der Waals surface area (Å²) >= 11 is 0. The molecular weight excluding hydrogens is 282 g/mol. The molecule has 1 saturated carbocycles. The summed E-state index contributed by atoms with van der Waals surface area (Å²) in [6, 6.07) is 9.58. The third kappa shape index (κ3) is 4.63. The van der Waals surface area contributed by atoms with Crippen LogP contribution in [0.15, 0.2) is 35.2 Å². The molecule has 1 aliphatic rings. The molecule has 0 bridgehead atoms. The maximum atomic E-state index is 12.2. The van der Waals surface area contributed by atoms with Crippen molar-refractivity contribution in [3.8, 4) is 0 Å². The monoisotopic (exact) mass is 309 g/mol. The highest BCUT2D eigenvalue weighted by Gasteiger charge is 2.33. The average molecular weight is 309 g/mol. The number of aliphatic hydroxyl groups excluding tert-OH is 1. The van der Waals surface area contributed by atoms with Gasteiger partial charge in [-0.2, -0.15) is 0 Å². The smallest absolute Gasteiger partial charge is 0.0613 e. The molecule has 0 radical (unpaired) electrons. The Morgan fingerprint density at radius 1 is 1.24 bits per heavy atom. The van der Waals surface area contributed by atoms with E-state index in [-0.39, 0.29) is 12.1 Å². The summed E-state index contributed by atoms with van der Waals surface area (Å²) in [4.78, 5) is 0.877. The first-order valence-electron chi connectivity index (χ1n) is 7.95. The van der Waals surface area contributed by atoms with Crippen molar-refractivity contribution < 1.29 is 9.32 Å². The van der Waals surface area contributed by atoms with E-state index in [1.165, 1.54) is 32.1 Å². The Kier molecular flexibility index (Phi) is 6.40. The highest BCUT2D eigenvalue weighted by Crippen LogP contribution is 2.32. The van der Waals surface area contributed by atoms with Crippen molar-refractivity contribution in [1.29, 1.82) is 0 Å². The van der Waals surface area contributed by atoms with Gasteiger partial charge in [-0.05, 0) is 37.8 Å². The number of hydrogen-bond donors (Lipinski definition) is 2. The lowest BCUT2D eigenvalue weighted by molar-refractivity contribution is 0.0972. The quantitative estimate of drug-likeness (QED) is 0.814. The standard InChI is InChI=1S/C17H27NO2S/c1-17(14-19,15-8-4-2-5-9-15)18-12-13-21(20)16-10-6-3-7-11-16/h3,6-7,10-11,15,18-19H,2,4-5,8-9,12-14H2,1H3/t17-,21+/m1/s1. The second-order valence-corrected chi connectivity index (χ2v) is 7.77. The fourth-order valence-electron chi connectivity index (χ4n) is 3.19. The zero-order chi connectivity index (χ0) is 15.1. The molecule has 1 aromatic rings. The van der Waals surface area contributed by atoms with Crippen molar-refractivity contribution in [2.24, 2.45) is 5.92 Å². The maximum Gasteiger partial charge on any atom is 0.0613 e. The van der Waals surface area contributed by atoms with E-state index < -0.39 is 10.8 Å². The summed E-state index contributed by atoms with van der Waals surface area (Å²) in [5.74, 6) is 1.12. The zero-order valence-electron chi connectivity index (χ0n) is 12.9. The highest BCUT2D eigenvalue weighted by molar-refractivity contribution is 7.85. The van der Waals surface area contributed by atoms with Crippen LogP contribution in [-0.4, -0.2) is 33.8 Å². The van der Waals surface area contributed by atoms with Crippen molar-refractivity contribution in [3.63, 3.8) is 0 Å². The van der Waals surface area contributed by atoms with Gasteiger partial charge in [0.2, 0.25) is 0 Å². The molecule has 0 spiro atoms. The van der Waals surface area contributed by atoms with Crippen LogP contribution >= 0.6 is 0 Å². The Bertz CT molecular complexity index is 445. The Balaban J connectivity index is 1.84. The molecule has 0 amide bonds. The molecule has 3 nitrogen and oxygen atoms in total. The van der Waals surface area contributed by atoms with Gasteiger partial charge in [0.25, 0.3) is 0 Å².